The van der Waals surface area contributed by atoms with Crippen molar-refractivity contribution < 1.29 is 25.3 Å². The van der Waals surface area contributed by atoms with Gasteiger partial charge in [-0.1, -0.05) is 0 Å². The van der Waals surface area contributed by atoms with Crippen molar-refractivity contribution in [3.63, 3.8) is 0 Å². The van der Waals surface area contributed by atoms with Crippen LogP contribution in [0.25, 0.3) is 0 Å². The van der Waals surface area contributed by atoms with Gasteiger partial charge in [0.1, 0.15) is 0 Å². The monoisotopic (exact) mass is 153 g/mol. The van der Waals surface area contributed by atoms with Gasteiger partial charge in [0, 0.05) is 0 Å². The van der Waals surface area contributed by atoms with Crippen molar-refractivity contribution in [1.82, 2.24) is 0 Å². The second-order valence-electron chi connectivity index (χ2n) is 1.36. The molecule has 0 aromatic heterocycles. The van der Waals surface area contributed by atoms with Crippen LogP contribution in [0.15, 0.2) is 0 Å². The average Bonchev–Trinajstić information content (AvgIpc) is 1.68. The Labute approximate surface area is 58.0 Å². The zero-order valence-electron chi connectivity index (χ0n) is 5.73. The SMILES string of the molecule is CC[O][Ti]([CH3])[O]CC. The van der Waals surface area contributed by atoms with Gasteiger partial charge in [0.05, 0.1) is 0 Å². The van der Waals surface area contributed by atoms with E-state index in [4.69, 9.17) is 6.64 Å². The molecule has 0 spiro atoms. The first-order valence-corrected chi connectivity index (χ1v) is 5.74. The molecular weight excluding hydrogens is 140 g/mol. The van der Waals surface area contributed by atoms with Crippen LogP contribution in [-0.2, 0) is 25.3 Å². The molecule has 0 atom stereocenters. The van der Waals surface area contributed by atoms with Crippen molar-refractivity contribution in [2.45, 2.75) is 19.1 Å². The van der Waals surface area contributed by atoms with Gasteiger partial charge < -0.3 is 0 Å². The molecule has 3 heteroatoms. The summed E-state index contributed by atoms with van der Waals surface area (Å²) in [4.78, 5) is 0. The summed E-state index contributed by atoms with van der Waals surface area (Å²) < 4.78 is 10.5. The van der Waals surface area contributed by atoms with Crippen molar-refractivity contribution in [2.75, 3.05) is 13.2 Å². The first-order valence-electron chi connectivity index (χ1n) is 2.90. The van der Waals surface area contributed by atoms with Crippen molar-refractivity contribution in [3.05, 3.63) is 0 Å². The quantitative estimate of drug-likeness (QED) is 0.570. The fourth-order valence-electron chi connectivity index (χ4n) is 0.448. The molecule has 0 aliphatic rings. The van der Waals surface area contributed by atoms with Gasteiger partial charge >= 0.3 is 57.6 Å². The zero-order valence-corrected chi connectivity index (χ0v) is 7.29. The normalized spacial score (nSPS) is 9.38. The molecule has 0 amide bonds. The fraction of sp³-hybridized carbons (Fsp3) is 1.00. The third kappa shape index (κ3) is 4.79. The molecule has 0 saturated carbocycles. The molecule has 0 bridgehead atoms. The molecule has 0 saturated heterocycles. The van der Waals surface area contributed by atoms with Gasteiger partial charge in [-0.2, -0.15) is 0 Å². The molecule has 0 aliphatic heterocycles. The molecular formula is C5H13O2Ti. The van der Waals surface area contributed by atoms with Crippen LogP contribution in [0.5, 0.6) is 0 Å². The van der Waals surface area contributed by atoms with E-state index in [0.29, 0.717) is 0 Å². The second-order valence-corrected chi connectivity index (χ2v) is 3.79. The Hall–Kier alpha value is 0.634. The molecule has 8 heavy (non-hydrogen) atoms. The molecule has 49 valence electrons. The van der Waals surface area contributed by atoms with E-state index in [2.05, 4.69) is 5.23 Å². The van der Waals surface area contributed by atoms with Gasteiger partial charge in [-0.25, -0.2) is 0 Å². The summed E-state index contributed by atoms with van der Waals surface area (Å²) >= 11 is -1.44. The zero-order chi connectivity index (χ0) is 6.41. The van der Waals surface area contributed by atoms with Crippen molar-refractivity contribution in [2.24, 2.45) is 0 Å². The summed E-state index contributed by atoms with van der Waals surface area (Å²) in [6, 6.07) is 0. The van der Waals surface area contributed by atoms with Crippen molar-refractivity contribution >= 4 is 0 Å². The number of rotatable bonds is 4. The van der Waals surface area contributed by atoms with Crippen LogP contribution < -0.4 is 0 Å². The molecule has 2 nitrogen and oxygen atoms in total. The minimum absolute atomic E-state index is 0.797. The Bertz CT molecular complexity index is 43.7. The van der Waals surface area contributed by atoms with Crippen LogP contribution in [0.1, 0.15) is 13.8 Å². The van der Waals surface area contributed by atoms with Crippen LogP contribution in [0.3, 0.4) is 0 Å². The number of hydrogen-bond acceptors (Lipinski definition) is 2. The fourth-order valence-corrected chi connectivity index (χ4v) is 1.85. The van der Waals surface area contributed by atoms with E-state index in [1.54, 1.807) is 0 Å². The molecule has 0 N–H and O–H groups in total. The Morgan fingerprint density at radius 1 is 1.12 bits per heavy atom. The molecule has 0 radical (unpaired) electrons. The van der Waals surface area contributed by atoms with Gasteiger partial charge in [-0.15, -0.1) is 0 Å². The van der Waals surface area contributed by atoms with Crippen LogP contribution in [-0.4, -0.2) is 13.2 Å². The molecule has 0 aromatic rings. The van der Waals surface area contributed by atoms with Gasteiger partial charge in [-0.05, 0) is 0 Å². The Morgan fingerprint density at radius 3 is 1.75 bits per heavy atom. The van der Waals surface area contributed by atoms with Crippen LogP contribution in [0.2, 0.25) is 5.23 Å². The molecule has 0 rings (SSSR count). The van der Waals surface area contributed by atoms with Crippen LogP contribution in [0.4, 0.5) is 0 Å². The molecule has 0 aromatic carbocycles. The Kier molecular flexibility index (Phi) is 6.22. The Morgan fingerprint density at radius 2 is 1.50 bits per heavy atom. The third-order valence-corrected chi connectivity index (χ3v) is 2.87. The molecule has 0 unspecified atom stereocenters. The summed E-state index contributed by atoms with van der Waals surface area (Å²) in [6.07, 6.45) is 0. The van der Waals surface area contributed by atoms with Crippen LogP contribution in [0, 0.1) is 0 Å². The minimum atomic E-state index is -1.44. The average molecular weight is 153 g/mol. The molecule has 0 aliphatic carbocycles. The predicted molar refractivity (Wildman–Crippen MR) is 29.1 cm³/mol. The van der Waals surface area contributed by atoms with Gasteiger partial charge in [0.15, 0.2) is 0 Å². The van der Waals surface area contributed by atoms with Gasteiger partial charge in [0.25, 0.3) is 0 Å². The first kappa shape index (κ1) is 8.63. The van der Waals surface area contributed by atoms with E-state index in [9.17, 15) is 0 Å². The predicted octanol–water partition coefficient (Wildman–Crippen LogP) is 1.56. The van der Waals surface area contributed by atoms with Crippen molar-refractivity contribution in [1.29, 1.82) is 0 Å². The van der Waals surface area contributed by atoms with E-state index in [1.807, 2.05) is 13.8 Å². The second kappa shape index (κ2) is 5.77. The summed E-state index contributed by atoms with van der Waals surface area (Å²) in [5.74, 6) is 0. The van der Waals surface area contributed by atoms with E-state index in [0.717, 1.165) is 13.2 Å². The van der Waals surface area contributed by atoms with E-state index in [-0.39, 0.29) is 0 Å². The topological polar surface area (TPSA) is 18.5 Å². The first-order chi connectivity index (χ1) is 3.81. The molecule has 0 heterocycles. The van der Waals surface area contributed by atoms with E-state index in [1.165, 1.54) is 0 Å². The van der Waals surface area contributed by atoms with Gasteiger partial charge in [-0.3, -0.25) is 0 Å². The Balaban J connectivity index is 2.92. The third-order valence-electron chi connectivity index (χ3n) is 0.695. The summed E-state index contributed by atoms with van der Waals surface area (Å²) in [7, 11) is 0. The maximum atomic E-state index is 5.23. The van der Waals surface area contributed by atoms with Crippen LogP contribution >= 0.6 is 0 Å². The standard InChI is InChI=1S/2C2H5O.CH3.Ti/c2*1-2-3;;/h2*2H2,1H3;1H3;/q2*-1;;+2. The summed E-state index contributed by atoms with van der Waals surface area (Å²) in [6.45, 7) is 5.59. The van der Waals surface area contributed by atoms with E-state index < -0.39 is 18.6 Å². The summed E-state index contributed by atoms with van der Waals surface area (Å²) in [5, 5.41) is 2.06. The molecule has 0 fully saturated rings. The van der Waals surface area contributed by atoms with E-state index >= 15 is 0 Å². The maximum absolute atomic E-state index is 5.23. The van der Waals surface area contributed by atoms with Gasteiger partial charge in [0.2, 0.25) is 0 Å². The number of hydrogen-bond donors (Lipinski definition) is 0. The summed E-state index contributed by atoms with van der Waals surface area (Å²) in [5.41, 5.74) is 0. The van der Waals surface area contributed by atoms with Crippen molar-refractivity contribution in [3.8, 4) is 0 Å².